The number of rotatable bonds is 2. The standard InChI is InChI=1S/C22H26N2O2/c1-16-11-13-23-15-18(16)21(25)24-14-12-22(26,17-7-3-2-4-8-17)19-9-5-6-10-20(19)24/h2-4,7-8,11,13,15,19-20,26H,5-6,9-10,12,14H2,1H3. The molecule has 1 aromatic heterocycles. The number of aryl methyl sites for hydroxylation is 1. The van der Waals surface area contributed by atoms with E-state index >= 15 is 0 Å². The van der Waals surface area contributed by atoms with Crippen LogP contribution in [0.5, 0.6) is 0 Å². The summed E-state index contributed by atoms with van der Waals surface area (Å²) in [6.45, 7) is 2.54. The predicted octanol–water partition coefficient (Wildman–Crippen LogP) is 3.68. The highest BCUT2D eigenvalue weighted by Crippen LogP contribution is 2.47. The molecule has 2 aromatic rings. The molecule has 2 heterocycles. The summed E-state index contributed by atoms with van der Waals surface area (Å²) in [5.41, 5.74) is 1.79. The first-order valence-corrected chi connectivity index (χ1v) is 9.61. The summed E-state index contributed by atoms with van der Waals surface area (Å²) >= 11 is 0. The van der Waals surface area contributed by atoms with E-state index in [-0.39, 0.29) is 17.9 Å². The number of hydrogen-bond acceptors (Lipinski definition) is 3. The van der Waals surface area contributed by atoms with Crippen molar-refractivity contribution < 1.29 is 9.90 Å². The second-order valence-corrected chi connectivity index (χ2v) is 7.69. The van der Waals surface area contributed by atoms with Gasteiger partial charge >= 0.3 is 0 Å². The van der Waals surface area contributed by atoms with Crippen LogP contribution in [0.3, 0.4) is 0 Å². The predicted molar refractivity (Wildman–Crippen MR) is 101 cm³/mol. The Labute approximate surface area is 154 Å². The number of carbonyl (C=O) groups excluding carboxylic acids is 1. The summed E-state index contributed by atoms with van der Waals surface area (Å²) in [5, 5.41) is 11.6. The van der Waals surface area contributed by atoms with E-state index in [1.54, 1.807) is 12.4 Å². The maximum absolute atomic E-state index is 13.2. The summed E-state index contributed by atoms with van der Waals surface area (Å²) in [6.07, 6.45) is 8.14. The molecule has 1 N–H and O–H groups in total. The maximum atomic E-state index is 13.2. The van der Waals surface area contributed by atoms with Gasteiger partial charge in [-0.25, -0.2) is 0 Å². The molecule has 1 saturated carbocycles. The Balaban J connectivity index is 1.67. The van der Waals surface area contributed by atoms with Crippen LogP contribution >= 0.6 is 0 Å². The molecule has 3 unspecified atom stereocenters. The van der Waals surface area contributed by atoms with Crippen LogP contribution in [0, 0.1) is 12.8 Å². The van der Waals surface area contributed by atoms with Crippen molar-refractivity contribution in [3.63, 3.8) is 0 Å². The fourth-order valence-corrected chi connectivity index (χ4v) is 4.86. The van der Waals surface area contributed by atoms with Crippen LogP contribution in [0.1, 0.15) is 53.6 Å². The summed E-state index contributed by atoms with van der Waals surface area (Å²) in [5.74, 6) is 0.149. The van der Waals surface area contributed by atoms with Gasteiger partial charge in [-0.15, -0.1) is 0 Å². The van der Waals surface area contributed by atoms with Gasteiger partial charge < -0.3 is 10.0 Å². The zero-order chi connectivity index (χ0) is 18.1. The number of amides is 1. The number of fused-ring (bicyclic) bond motifs is 1. The number of aromatic nitrogens is 1. The number of piperidine rings is 1. The molecule has 0 bridgehead atoms. The first kappa shape index (κ1) is 17.2. The molecular formula is C22H26N2O2. The minimum absolute atomic E-state index is 0.0580. The first-order valence-electron chi connectivity index (χ1n) is 9.61. The van der Waals surface area contributed by atoms with Crippen molar-refractivity contribution in [2.24, 2.45) is 5.92 Å². The van der Waals surface area contributed by atoms with Crippen LogP contribution in [-0.4, -0.2) is 33.5 Å². The molecule has 1 saturated heterocycles. The Morgan fingerprint density at radius 3 is 2.73 bits per heavy atom. The molecule has 136 valence electrons. The smallest absolute Gasteiger partial charge is 0.255 e. The highest BCUT2D eigenvalue weighted by atomic mass is 16.3. The van der Waals surface area contributed by atoms with Gasteiger partial charge in [0.2, 0.25) is 0 Å². The summed E-state index contributed by atoms with van der Waals surface area (Å²) < 4.78 is 0. The van der Waals surface area contributed by atoms with Gasteiger partial charge in [0.1, 0.15) is 0 Å². The number of nitrogens with zero attached hydrogens (tertiary/aromatic N) is 2. The Kier molecular flexibility index (Phi) is 4.53. The Hall–Kier alpha value is -2.20. The van der Waals surface area contributed by atoms with Gasteiger partial charge in [-0.3, -0.25) is 9.78 Å². The Morgan fingerprint density at radius 1 is 1.19 bits per heavy atom. The molecular weight excluding hydrogens is 324 g/mol. The SMILES string of the molecule is Cc1ccncc1C(=O)N1CCC(O)(c2ccccc2)C2CCCCC21. The molecule has 3 atom stereocenters. The molecule has 4 rings (SSSR count). The number of pyridine rings is 1. The summed E-state index contributed by atoms with van der Waals surface area (Å²) in [4.78, 5) is 19.4. The van der Waals surface area contributed by atoms with E-state index in [2.05, 4.69) is 4.98 Å². The summed E-state index contributed by atoms with van der Waals surface area (Å²) in [6, 6.07) is 12.0. The van der Waals surface area contributed by atoms with E-state index in [9.17, 15) is 9.90 Å². The van der Waals surface area contributed by atoms with Gasteiger partial charge in [-0.1, -0.05) is 43.2 Å². The van der Waals surface area contributed by atoms with Gasteiger partial charge in [0, 0.05) is 30.9 Å². The average Bonchev–Trinajstić information content (AvgIpc) is 2.69. The van der Waals surface area contributed by atoms with Crippen LogP contribution in [0.25, 0.3) is 0 Å². The van der Waals surface area contributed by atoms with E-state index in [0.29, 0.717) is 18.5 Å². The molecule has 1 aliphatic carbocycles. The molecule has 2 fully saturated rings. The zero-order valence-corrected chi connectivity index (χ0v) is 15.3. The molecule has 1 amide bonds. The van der Waals surface area contributed by atoms with Crippen LogP contribution in [-0.2, 0) is 5.60 Å². The van der Waals surface area contributed by atoms with E-state index in [4.69, 9.17) is 0 Å². The van der Waals surface area contributed by atoms with Crippen molar-refractivity contribution in [1.29, 1.82) is 0 Å². The monoisotopic (exact) mass is 350 g/mol. The van der Waals surface area contributed by atoms with Crippen molar-refractivity contribution in [3.05, 3.63) is 65.5 Å². The Morgan fingerprint density at radius 2 is 1.96 bits per heavy atom. The largest absolute Gasteiger partial charge is 0.385 e. The Bertz CT molecular complexity index is 792. The number of aliphatic hydroxyl groups is 1. The highest BCUT2D eigenvalue weighted by molar-refractivity contribution is 5.95. The van der Waals surface area contributed by atoms with Crippen molar-refractivity contribution in [1.82, 2.24) is 9.88 Å². The third kappa shape index (κ3) is 2.82. The fraction of sp³-hybridized carbons (Fsp3) is 0.455. The van der Waals surface area contributed by atoms with Crippen molar-refractivity contribution in [2.45, 2.75) is 50.7 Å². The molecule has 2 aliphatic rings. The van der Waals surface area contributed by atoms with Crippen LogP contribution in [0.4, 0.5) is 0 Å². The van der Waals surface area contributed by atoms with Crippen LogP contribution in [0.15, 0.2) is 48.8 Å². The van der Waals surface area contributed by atoms with E-state index in [0.717, 1.165) is 36.8 Å². The van der Waals surface area contributed by atoms with Gasteiger partial charge in [0.05, 0.1) is 11.2 Å². The van der Waals surface area contributed by atoms with E-state index in [1.807, 2.05) is 48.2 Å². The lowest BCUT2D eigenvalue weighted by atomic mass is 9.66. The van der Waals surface area contributed by atoms with E-state index < -0.39 is 5.60 Å². The molecule has 4 nitrogen and oxygen atoms in total. The van der Waals surface area contributed by atoms with Gasteiger partial charge in [0.15, 0.2) is 0 Å². The minimum Gasteiger partial charge on any atom is -0.385 e. The lowest BCUT2D eigenvalue weighted by molar-refractivity contribution is -0.110. The molecule has 0 spiro atoms. The molecule has 1 aliphatic heterocycles. The summed E-state index contributed by atoms with van der Waals surface area (Å²) in [7, 11) is 0. The average molecular weight is 350 g/mol. The normalized spacial score (nSPS) is 28.5. The molecule has 4 heteroatoms. The van der Waals surface area contributed by atoms with Crippen molar-refractivity contribution in [2.75, 3.05) is 6.54 Å². The maximum Gasteiger partial charge on any atom is 0.255 e. The highest BCUT2D eigenvalue weighted by Gasteiger charge is 2.50. The van der Waals surface area contributed by atoms with Gasteiger partial charge in [-0.2, -0.15) is 0 Å². The third-order valence-corrected chi connectivity index (χ3v) is 6.28. The van der Waals surface area contributed by atoms with Crippen molar-refractivity contribution in [3.8, 4) is 0 Å². The second-order valence-electron chi connectivity index (χ2n) is 7.69. The topological polar surface area (TPSA) is 53.4 Å². The minimum atomic E-state index is -0.840. The lowest BCUT2D eigenvalue weighted by Crippen LogP contribution is -2.59. The van der Waals surface area contributed by atoms with E-state index in [1.165, 1.54) is 0 Å². The number of carbonyl (C=O) groups is 1. The van der Waals surface area contributed by atoms with Crippen LogP contribution in [0.2, 0.25) is 0 Å². The zero-order valence-electron chi connectivity index (χ0n) is 15.3. The van der Waals surface area contributed by atoms with Gasteiger partial charge in [-0.05, 0) is 43.4 Å². The lowest BCUT2D eigenvalue weighted by Gasteiger charge is -2.52. The first-order chi connectivity index (χ1) is 12.6. The second kappa shape index (κ2) is 6.84. The number of hydrogen-bond donors (Lipinski definition) is 1. The number of benzene rings is 1. The van der Waals surface area contributed by atoms with Crippen LogP contribution < -0.4 is 0 Å². The van der Waals surface area contributed by atoms with Crippen molar-refractivity contribution >= 4 is 5.91 Å². The number of likely N-dealkylation sites (tertiary alicyclic amines) is 1. The quantitative estimate of drug-likeness (QED) is 0.899. The third-order valence-electron chi connectivity index (χ3n) is 6.28. The molecule has 26 heavy (non-hydrogen) atoms. The molecule has 0 radical (unpaired) electrons. The van der Waals surface area contributed by atoms with Gasteiger partial charge in [0.25, 0.3) is 5.91 Å². The fourth-order valence-electron chi connectivity index (χ4n) is 4.86. The molecule has 1 aromatic carbocycles.